The molecule has 0 aliphatic carbocycles. The second-order valence-corrected chi connectivity index (χ2v) is 5.83. The number of aromatic nitrogens is 4. The first-order valence-corrected chi connectivity index (χ1v) is 8.11. The van der Waals surface area contributed by atoms with Crippen LogP contribution in [0.5, 0.6) is 0 Å². The molecule has 128 valence electrons. The molecular formula is C14H18N6O3S. The molecule has 2 aromatic rings. The molecule has 9 nitrogen and oxygen atoms in total. The summed E-state index contributed by atoms with van der Waals surface area (Å²) in [6, 6.07) is 0. The molecule has 0 bridgehead atoms. The summed E-state index contributed by atoms with van der Waals surface area (Å²) in [4.78, 5) is 38.8. The van der Waals surface area contributed by atoms with Gasteiger partial charge in [-0.05, 0) is 26.3 Å². The van der Waals surface area contributed by atoms with Crippen molar-refractivity contribution in [2.45, 2.75) is 25.9 Å². The molecule has 0 fully saturated rings. The third kappa shape index (κ3) is 3.82. The molecule has 0 saturated carbocycles. The lowest BCUT2D eigenvalue weighted by Crippen LogP contribution is -2.09. The van der Waals surface area contributed by atoms with Gasteiger partial charge in [-0.3, -0.25) is 4.79 Å². The number of nitrogens with zero attached hydrogens (tertiary/aromatic N) is 3. The van der Waals surface area contributed by atoms with E-state index in [0.717, 1.165) is 11.8 Å². The Labute approximate surface area is 142 Å². The van der Waals surface area contributed by atoms with Gasteiger partial charge in [-0.15, -0.1) is 0 Å². The summed E-state index contributed by atoms with van der Waals surface area (Å²) in [6.45, 7) is 5.41. The highest BCUT2D eigenvalue weighted by atomic mass is 32.2. The number of nitrogens with one attached hydrogen (secondary N) is 1. The zero-order valence-corrected chi connectivity index (χ0v) is 14.4. The maximum atomic E-state index is 12.4. The quantitative estimate of drug-likeness (QED) is 0.395. The van der Waals surface area contributed by atoms with Crippen LogP contribution in [0.2, 0.25) is 0 Å². The molecule has 0 amide bonds. The topological polar surface area (TPSA) is 150 Å². The summed E-state index contributed by atoms with van der Waals surface area (Å²) in [7, 11) is 0. The van der Waals surface area contributed by atoms with Crippen LogP contribution < -0.4 is 11.5 Å². The molecular weight excluding hydrogens is 332 g/mol. The van der Waals surface area contributed by atoms with Crippen LogP contribution in [-0.4, -0.2) is 44.0 Å². The third-order valence-electron chi connectivity index (χ3n) is 3.18. The van der Waals surface area contributed by atoms with Gasteiger partial charge in [0.25, 0.3) is 0 Å². The van der Waals surface area contributed by atoms with E-state index in [1.54, 1.807) is 20.8 Å². The number of hydrogen-bond donors (Lipinski definition) is 3. The van der Waals surface area contributed by atoms with Gasteiger partial charge < -0.3 is 21.2 Å². The van der Waals surface area contributed by atoms with Gasteiger partial charge in [0.15, 0.2) is 10.9 Å². The van der Waals surface area contributed by atoms with Gasteiger partial charge in [-0.25, -0.2) is 4.79 Å². The zero-order valence-electron chi connectivity index (χ0n) is 13.5. The molecule has 0 spiro atoms. The first-order chi connectivity index (χ1) is 11.3. The van der Waals surface area contributed by atoms with Gasteiger partial charge in [0.05, 0.1) is 23.6 Å². The Morgan fingerprint density at radius 3 is 2.38 bits per heavy atom. The Morgan fingerprint density at radius 2 is 1.79 bits per heavy atom. The van der Waals surface area contributed by atoms with E-state index in [-0.39, 0.29) is 35.2 Å². The number of H-pyrrole nitrogens is 1. The van der Waals surface area contributed by atoms with E-state index in [0.29, 0.717) is 22.5 Å². The minimum Gasteiger partial charge on any atom is -0.462 e. The zero-order chi connectivity index (χ0) is 17.9. The number of nitrogens with two attached hydrogens (primary N) is 2. The van der Waals surface area contributed by atoms with E-state index < -0.39 is 5.97 Å². The van der Waals surface area contributed by atoms with Crippen molar-refractivity contribution >= 4 is 35.4 Å². The molecule has 2 rings (SSSR count). The number of carbonyl (C=O) groups excluding carboxylic acids is 2. The molecule has 5 N–H and O–H groups in total. The Kier molecular flexibility index (Phi) is 5.39. The van der Waals surface area contributed by atoms with E-state index >= 15 is 0 Å². The van der Waals surface area contributed by atoms with Crippen LogP contribution in [0, 0.1) is 13.8 Å². The van der Waals surface area contributed by atoms with E-state index in [9.17, 15) is 9.59 Å². The third-order valence-corrected chi connectivity index (χ3v) is 4.03. The van der Waals surface area contributed by atoms with Gasteiger partial charge in [-0.1, -0.05) is 11.8 Å². The van der Waals surface area contributed by atoms with Crippen LogP contribution in [0.15, 0.2) is 5.16 Å². The number of anilines is 2. The van der Waals surface area contributed by atoms with Crippen LogP contribution >= 0.6 is 11.8 Å². The minimum absolute atomic E-state index is 0.00561. The summed E-state index contributed by atoms with van der Waals surface area (Å²) in [5, 5.41) is 0.264. The summed E-state index contributed by atoms with van der Waals surface area (Å²) in [6.07, 6.45) is 0. The average Bonchev–Trinajstić information content (AvgIpc) is 2.79. The van der Waals surface area contributed by atoms with E-state index in [1.165, 1.54) is 0 Å². The monoisotopic (exact) mass is 350 g/mol. The summed E-state index contributed by atoms with van der Waals surface area (Å²) >= 11 is 1.09. The lowest BCUT2D eigenvalue weighted by molar-refractivity contribution is 0.0525. The normalized spacial score (nSPS) is 10.6. The fourth-order valence-electron chi connectivity index (χ4n) is 2.19. The van der Waals surface area contributed by atoms with Crippen molar-refractivity contribution in [1.82, 2.24) is 19.9 Å². The van der Waals surface area contributed by atoms with Crippen LogP contribution in [-0.2, 0) is 4.74 Å². The van der Waals surface area contributed by atoms with Gasteiger partial charge >= 0.3 is 5.97 Å². The number of aryl methyl sites for hydroxylation is 1. The van der Waals surface area contributed by atoms with Crippen LogP contribution in [0.4, 0.5) is 11.9 Å². The maximum absolute atomic E-state index is 12.4. The molecule has 0 radical (unpaired) electrons. The first kappa shape index (κ1) is 17.7. The molecule has 0 aliphatic rings. The summed E-state index contributed by atoms with van der Waals surface area (Å²) in [5.41, 5.74) is 12.9. The van der Waals surface area contributed by atoms with E-state index in [2.05, 4.69) is 19.9 Å². The van der Waals surface area contributed by atoms with Gasteiger partial charge in [0, 0.05) is 5.69 Å². The second-order valence-electron chi connectivity index (χ2n) is 4.89. The number of hydrogen-bond acceptors (Lipinski definition) is 9. The molecule has 0 aliphatic heterocycles. The lowest BCUT2D eigenvalue weighted by atomic mass is 10.1. The average molecular weight is 350 g/mol. The number of aromatic amines is 1. The SMILES string of the molecule is CCOC(=O)c1c(C)[nH]c(C(=O)CSc2nc(N)nc(N)n2)c1C. The van der Waals surface area contributed by atoms with Crippen molar-refractivity contribution in [3.05, 3.63) is 22.5 Å². The van der Waals surface area contributed by atoms with E-state index in [1.807, 2.05) is 0 Å². The Morgan fingerprint density at radius 1 is 1.17 bits per heavy atom. The van der Waals surface area contributed by atoms with Crippen molar-refractivity contribution in [3.8, 4) is 0 Å². The number of carbonyl (C=O) groups is 2. The number of rotatable bonds is 6. The van der Waals surface area contributed by atoms with Gasteiger partial charge in [0.2, 0.25) is 11.9 Å². The smallest absolute Gasteiger partial charge is 0.340 e. The second kappa shape index (κ2) is 7.30. The van der Waals surface area contributed by atoms with Crippen molar-refractivity contribution in [2.75, 3.05) is 23.8 Å². The Balaban J connectivity index is 2.15. The van der Waals surface area contributed by atoms with Crippen LogP contribution in [0.25, 0.3) is 0 Å². The van der Waals surface area contributed by atoms with Crippen LogP contribution in [0.1, 0.15) is 39.0 Å². The molecule has 2 heterocycles. The predicted molar refractivity (Wildman–Crippen MR) is 89.9 cm³/mol. The Hall–Kier alpha value is -2.62. The van der Waals surface area contributed by atoms with Crippen molar-refractivity contribution in [3.63, 3.8) is 0 Å². The number of ether oxygens (including phenoxy) is 1. The van der Waals surface area contributed by atoms with Crippen molar-refractivity contribution in [1.29, 1.82) is 0 Å². The maximum Gasteiger partial charge on any atom is 0.340 e. The fourth-order valence-corrected chi connectivity index (χ4v) is 2.91. The highest BCUT2D eigenvalue weighted by Gasteiger charge is 2.23. The minimum atomic E-state index is -0.450. The molecule has 0 saturated heterocycles. The highest BCUT2D eigenvalue weighted by molar-refractivity contribution is 7.99. The predicted octanol–water partition coefficient (Wildman–Crippen LogP) is 1.13. The molecule has 0 atom stereocenters. The van der Waals surface area contributed by atoms with Crippen LogP contribution in [0.3, 0.4) is 0 Å². The standard InChI is InChI=1S/C14H18N6O3S/c1-4-23-11(22)9-6(2)10(17-7(9)3)8(21)5-24-14-19-12(15)18-13(16)20-14/h17H,4-5H2,1-3H3,(H4,15,16,18,19,20). The molecule has 0 unspecified atom stereocenters. The lowest BCUT2D eigenvalue weighted by Gasteiger charge is -2.03. The molecule has 2 aromatic heterocycles. The number of thioether (sulfide) groups is 1. The molecule has 24 heavy (non-hydrogen) atoms. The summed E-state index contributed by atoms with van der Waals surface area (Å²) in [5.74, 6) is -0.601. The van der Waals surface area contributed by atoms with Crippen molar-refractivity contribution < 1.29 is 14.3 Å². The van der Waals surface area contributed by atoms with Gasteiger partial charge in [0.1, 0.15) is 0 Å². The Bertz CT molecular complexity index is 769. The fraction of sp³-hybridized carbons (Fsp3) is 0.357. The largest absolute Gasteiger partial charge is 0.462 e. The number of ketones is 1. The summed E-state index contributed by atoms with van der Waals surface area (Å²) < 4.78 is 5.01. The number of esters is 1. The molecule has 10 heteroatoms. The van der Waals surface area contributed by atoms with Gasteiger partial charge in [-0.2, -0.15) is 15.0 Å². The number of Topliss-reactive ketones (excluding diaryl/α,β-unsaturated/α-hetero) is 1. The molecule has 0 aromatic carbocycles. The number of nitrogen functional groups attached to an aromatic ring is 2. The highest BCUT2D eigenvalue weighted by Crippen LogP contribution is 2.22. The van der Waals surface area contributed by atoms with Crippen molar-refractivity contribution in [2.24, 2.45) is 0 Å². The van der Waals surface area contributed by atoms with E-state index in [4.69, 9.17) is 16.2 Å². The first-order valence-electron chi connectivity index (χ1n) is 7.12.